The van der Waals surface area contributed by atoms with Crippen molar-refractivity contribution in [3.63, 3.8) is 0 Å². The predicted octanol–water partition coefficient (Wildman–Crippen LogP) is 8.15. The Morgan fingerprint density at radius 2 is 1.43 bits per heavy atom. The van der Waals surface area contributed by atoms with Crippen molar-refractivity contribution in [1.82, 2.24) is 0 Å². The summed E-state index contributed by atoms with van der Waals surface area (Å²) in [6.07, 6.45) is 11.2. The second-order valence-electron chi connectivity index (χ2n) is 11.1. The van der Waals surface area contributed by atoms with Gasteiger partial charge in [0.15, 0.2) is 0 Å². The fourth-order valence-electron chi connectivity index (χ4n) is 6.75. The summed E-state index contributed by atoms with van der Waals surface area (Å²) >= 11 is 0. The Labute approximate surface area is 221 Å². The van der Waals surface area contributed by atoms with Crippen molar-refractivity contribution >= 4 is 23.4 Å². The molecule has 1 aliphatic heterocycles. The summed E-state index contributed by atoms with van der Waals surface area (Å²) in [7, 11) is -7.07. The summed E-state index contributed by atoms with van der Waals surface area (Å²) in [6, 6.07) is 21.7. The Kier molecular flexibility index (Phi) is 9.10. The first-order valence-corrected chi connectivity index (χ1v) is 17.8. The minimum atomic E-state index is -5.64. The monoisotopic (exact) mass is 552 g/mol. The van der Waals surface area contributed by atoms with E-state index in [1.807, 2.05) is 0 Å². The second-order valence-corrected chi connectivity index (χ2v) is 17.3. The SMILES string of the molecule is CCCCC[Si]1(c2ccccc2)CCC([C@H]2CC[C@H](c3ccc(OS(=O)(=O)C(F)(F)F)cc3)CC2)CC1. The molecular formula is C29H39F3O3SSi. The minimum absolute atomic E-state index is 0.304. The second kappa shape index (κ2) is 11.9. The molecule has 0 amide bonds. The maximum atomic E-state index is 12.6. The maximum Gasteiger partial charge on any atom is 0.534 e. The molecule has 2 fully saturated rings. The molecule has 2 aromatic carbocycles. The van der Waals surface area contributed by atoms with E-state index in [-0.39, 0.29) is 5.75 Å². The van der Waals surface area contributed by atoms with Crippen LogP contribution < -0.4 is 9.37 Å². The maximum absolute atomic E-state index is 12.6. The van der Waals surface area contributed by atoms with Gasteiger partial charge in [-0.3, -0.25) is 0 Å². The van der Waals surface area contributed by atoms with Crippen LogP contribution in [0.2, 0.25) is 18.1 Å². The molecule has 0 N–H and O–H groups in total. The Balaban J connectivity index is 1.31. The van der Waals surface area contributed by atoms with E-state index in [2.05, 4.69) is 41.4 Å². The van der Waals surface area contributed by atoms with E-state index in [9.17, 15) is 21.6 Å². The lowest BCUT2D eigenvalue weighted by atomic mass is 9.72. The average molecular weight is 553 g/mol. The van der Waals surface area contributed by atoms with Crippen LogP contribution in [-0.2, 0) is 10.1 Å². The molecule has 3 nitrogen and oxygen atoms in total. The summed E-state index contributed by atoms with van der Waals surface area (Å²) in [5.41, 5.74) is -4.38. The van der Waals surface area contributed by atoms with Gasteiger partial charge in [0.1, 0.15) is 5.75 Å². The highest BCUT2D eigenvalue weighted by Crippen LogP contribution is 2.46. The van der Waals surface area contributed by atoms with Gasteiger partial charge >= 0.3 is 15.6 Å². The molecule has 1 heterocycles. The van der Waals surface area contributed by atoms with E-state index in [0.29, 0.717) is 5.92 Å². The molecule has 0 bridgehead atoms. The van der Waals surface area contributed by atoms with Crippen molar-refractivity contribution in [3.05, 3.63) is 60.2 Å². The van der Waals surface area contributed by atoms with Crippen molar-refractivity contribution in [3.8, 4) is 5.75 Å². The highest BCUT2D eigenvalue weighted by Gasteiger charge is 2.48. The van der Waals surface area contributed by atoms with Gasteiger partial charge in [-0.15, -0.1) is 0 Å². The van der Waals surface area contributed by atoms with Crippen molar-refractivity contribution in [2.24, 2.45) is 11.8 Å². The van der Waals surface area contributed by atoms with Crippen LogP contribution in [-0.4, -0.2) is 22.0 Å². The summed E-state index contributed by atoms with van der Waals surface area (Å²) in [5.74, 6) is 1.62. The zero-order valence-electron chi connectivity index (χ0n) is 21.7. The summed E-state index contributed by atoms with van der Waals surface area (Å²) in [4.78, 5) is 0. The van der Waals surface area contributed by atoms with Crippen LogP contribution in [0.3, 0.4) is 0 Å². The molecule has 8 heteroatoms. The van der Waals surface area contributed by atoms with Crippen LogP contribution in [0, 0.1) is 11.8 Å². The van der Waals surface area contributed by atoms with Crippen LogP contribution in [0.5, 0.6) is 5.75 Å². The van der Waals surface area contributed by atoms with Crippen LogP contribution in [0.25, 0.3) is 0 Å². The summed E-state index contributed by atoms with van der Waals surface area (Å²) in [6.45, 7) is 2.28. The van der Waals surface area contributed by atoms with E-state index < -0.39 is 23.7 Å². The molecule has 2 aliphatic rings. The zero-order chi connectivity index (χ0) is 26.5. The van der Waals surface area contributed by atoms with Gasteiger partial charge in [-0.1, -0.05) is 105 Å². The van der Waals surface area contributed by atoms with Crippen molar-refractivity contribution in [2.45, 2.75) is 94.3 Å². The van der Waals surface area contributed by atoms with Gasteiger partial charge in [-0.2, -0.15) is 21.6 Å². The van der Waals surface area contributed by atoms with Crippen LogP contribution >= 0.6 is 0 Å². The lowest BCUT2D eigenvalue weighted by Crippen LogP contribution is -2.50. The van der Waals surface area contributed by atoms with Gasteiger partial charge in [-0.25, -0.2) is 0 Å². The predicted molar refractivity (Wildman–Crippen MR) is 145 cm³/mol. The van der Waals surface area contributed by atoms with Gasteiger partial charge < -0.3 is 4.18 Å². The fourth-order valence-corrected chi connectivity index (χ4v) is 12.5. The topological polar surface area (TPSA) is 43.4 Å². The average Bonchev–Trinajstić information content (AvgIpc) is 2.89. The van der Waals surface area contributed by atoms with Gasteiger partial charge in [0.25, 0.3) is 0 Å². The Morgan fingerprint density at radius 3 is 2.00 bits per heavy atom. The standard InChI is InChI=1S/C29H39F3O3SSi/c1-2-3-7-20-37(28-8-5-4-6-9-28)21-18-26(19-22-37)24-12-10-23(11-13-24)25-14-16-27(17-15-25)35-36(33,34)29(30,31)32/h4-6,8-9,14-17,23-24,26H,2-3,7,10-13,18-22H2,1H3/t23-,24-,26?,37?. The number of hydrogen-bond acceptors (Lipinski definition) is 3. The quantitative estimate of drug-likeness (QED) is 0.136. The van der Waals surface area contributed by atoms with Crippen molar-refractivity contribution in [2.75, 3.05) is 0 Å². The van der Waals surface area contributed by atoms with Crippen LogP contribution in [0.1, 0.15) is 76.2 Å². The largest absolute Gasteiger partial charge is 0.534 e. The summed E-state index contributed by atoms with van der Waals surface area (Å²) in [5, 5.41) is 1.66. The molecule has 0 radical (unpaired) electrons. The number of halogens is 3. The Morgan fingerprint density at radius 1 is 0.838 bits per heavy atom. The Bertz CT molecular complexity index is 1090. The number of hydrogen-bond donors (Lipinski definition) is 0. The van der Waals surface area contributed by atoms with Gasteiger partial charge in [0.2, 0.25) is 0 Å². The molecule has 37 heavy (non-hydrogen) atoms. The first-order chi connectivity index (χ1) is 17.6. The molecule has 4 rings (SSSR count). The zero-order valence-corrected chi connectivity index (χ0v) is 23.5. The third kappa shape index (κ3) is 6.80. The van der Waals surface area contributed by atoms with Gasteiger partial charge in [-0.05, 0) is 61.1 Å². The highest BCUT2D eigenvalue weighted by atomic mass is 32.2. The molecule has 1 saturated carbocycles. The first kappa shape index (κ1) is 28.2. The molecule has 0 aromatic heterocycles. The molecular weight excluding hydrogens is 513 g/mol. The number of alkyl halides is 3. The summed E-state index contributed by atoms with van der Waals surface area (Å²) < 4.78 is 64.4. The third-order valence-electron chi connectivity index (χ3n) is 8.91. The van der Waals surface area contributed by atoms with E-state index in [0.717, 1.165) is 30.2 Å². The number of unbranched alkanes of at least 4 members (excludes halogenated alkanes) is 2. The van der Waals surface area contributed by atoms with E-state index >= 15 is 0 Å². The van der Waals surface area contributed by atoms with E-state index in [4.69, 9.17) is 0 Å². The molecule has 0 atom stereocenters. The molecule has 204 valence electrons. The smallest absolute Gasteiger partial charge is 0.376 e. The van der Waals surface area contributed by atoms with Gasteiger partial charge in [0, 0.05) is 0 Å². The van der Waals surface area contributed by atoms with Gasteiger partial charge in [0.05, 0.1) is 8.07 Å². The molecule has 2 aromatic rings. The lowest BCUT2D eigenvalue weighted by molar-refractivity contribution is -0.0500. The lowest BCUT2D eigenvalue weighted by Gasteiger charge is -2.43. The van der Waals surface area contributed by atoms with E-state index in [1.54, 1.807) is 17.3 Å². The van der Waals surface area contributed by atoms with E-state index in [1.165, 1.54) is 75.2 Å². The van der Waals surface area contributed by atoms with Crippen molar-refractivity contribution in [1.29, 1.82) is 0 Å². The Hall–Kier alpha value is -1.80. The molecule has 0 spiro atoms. The molecule has 0 unspecified atom stereocenters. The minimum Gasteiger partial charge on any atom is -0.376 e. The molecule has 1 saturated heterocycles. The normalized spacial score (nSPS) is 27.1. The molecule has 1 aliphatic carbocycles. The van der Waals surface area contributed by atoms with Crippen molar-refractivity contribution < 1.29 is 25.8 Å². The van der Waals surface area contributed by atoms with Crippen LogP contribution in [0.15, 0.2) is 54.6 Å². The first-order valence-electron chi connectivity index (χ1n) is 13.8. The number of rotatable bonds is 9. The highest BCUT2D eigenvalue weighted by molar-refractivity contribution is 7.88. The fraction of sp³-hybridized carbons (Fsp3) is 0.586. The van der Waals surface area contributed by atoms with Crippen LogP contribution in [0.4, 0.5) is 13.2 Å². The number of benzene rings is 2. The third-order valence-corrected chi connectivity index (χ3v) is 15.3.